The van der Waals surface area contributed by atoms with Crippen molar-refractivity contribution in [1.29, 1.82) is 0 Å². The monoisotopic (exact) mass is 534 g/mol. The molecular formula is C30H38N4O3S. The smallest absolute Gasteiger partial charge is 0.257 e. The van der Waals surface area contributed by atoms with Crippen molar-refractivity contribution in [3.63, 3.8) is 0 Å². The Morgan fingerprint density at radius 1 is 0.947 bits per heavy atom. The van der Waals surface area contributed by atoms with E-state index in [0.717, 1.165) is 67.1 Å². The van der Waals surface area contributed by atoms with Crippen molar-refractivity contribution in [3.05, 3.63) is 47.5 Å². The van der Waals surface area contributed by atoms with E-state index in [1.165, 1.54) is 44.1 Å². The predicted octanol–water partition coefficient (Wildman–Crippen LogP) is 5.55. The standard InChI is InChI=1S/C30H38N4O3S/c1-33-25-8-6-21(19-24(25)30(28(33)37)9-3-2-4-10-30)31-27(36)23-7-5-22(32-38-18-17-35)20-26(23)34-15-13-29(11-12-29)14-16-34/h5-8,19-20,32,35H,2-4,9-18H2,1H3,(H,31,36). The number of hydrogen-bond donors (Lipinski definition) is 3. The van der Waals surface area contributed by atoms with Gasteiger partial charge in [0.1, 0.15) is 0 Å². The Morgan fingerprint density at radius 3 is 2.39 bits per heavy atom. The Labute approximate surface area is 229 Å². The topological polar surface area (TPSA) is 84.9 Å². The van der Waals surface area contributed by atoms with Crippen molar-refractivity contribution in [3.8, 4) is 0 Å². The number of nitrogens with zero attached hydrogens (tertiary/aromatic N) is 2. The number of carbonyl (C=O) groups excluding carboxylic acids is 2. The molecule has 2 saturated carbocycles. The summed E-state index contributed by atoms with van der Waals surface area (Å²) in [6.45, 7) is 2.04. The molecule has 2 spiro atoms. The lowest BCUT2D eigenvalue weighted by atomic mass is 9.70. The van der Waals surface area contributed by atoms with E-state index in [1.54, 1.807) is 4.90 Å². The highest BCUT2D eigenvalue weighted by Crippen LogP contribution is 2.54. The number of amides is 2. The number of fused-ring (bicyclic) bond motifs is 2. The molecule has 2 aliphatic carbocycles. The van der Waals surface area contributed by atoms with E-state index in [2.05, 4.69) is 21.0 Å². The van der Waals surface area contributed by atoms with Gasteiger partial charge in [0.05, 0.1) is 23.3 Å². The van der Waals surface area contributed by atoms with Gasteiger partial charge in [-0.3, -0.25) is 9.59 Å². The molecule has 2 heterocycles. The van der Waals surface area contributed by atoms with Gasteiger partial charge in [0.15, 0.2) is 0 Å². The van der Waals surface area contributed by atoms with Crippen molar-refractivity contribution in [2.45, 2.75) is 63.2 Å². The molecule has 1 saturated heterocycles. The van der Waals surface area contributed by atoms with Crippen LogP contribution in [0, 0.1) is 5.41 Å². The maximum atomic E-state index is 13.7. The lowest BCUT2D eigenvalue weighted by molar-refractivity contribution is -0.124. The lowest BCUT2D eigenvalue weighted by Gasteiger charge is -2.35. The molecule has 4 aliphatic rings. The zero-order chi connectivity index (χ0) is 26.3. The molecule has 0 radical (unpaired) electrons. The summed E-state index contributed by atoms with van der Waals surface area (Å²) in [5.74, 6) is 0.664. The summed E-state index contributed by atoms with van der Waals surface area (Å²) in [5, 5.41) is 12.3. The van der Waals surface area contributed by atoms with Gasteiger partial charge in [0.2, 0.25) is 5.91 Å². The van der Waals surface area contributed by atoms with Crippen molar-refractivity contribution in [1.82, 2.24) is 0 Å². The molecule has 8 heteroatoms. The summed E-state index contributed by atoms with van der Waals surface area (Å²) in [7, 11) is 1.87. The van der Waals surface area contributed by atoms with Crippen LogP contribution < -0.4 is 19.8 Å². The average molecular weight is 535 g/mol. The van der Waals surface area contributed by atoms with Gasteiger partial charge in [-0.1, -0.05) is 31.2 Å². The number of anilines is 4. The molecule has 2 aromatic rings. The molecule has 3 N–H and O–H groups in total. The Bertz CT molecular complexity index is 1230. The van der Waals surface area contributed by atoms with E-state index < -0.39 is 5.41 Å². The van der Waals surface area contributed by atoms with Gasteiger partial charge >= 0.3 is 0 Å². The molecule has 0 unspecified atom stereocenters. The zero-order valence-electron chi connectivity index (χ0n) is 22.2. The summed E-state index contributed by atoms with van der Waals surface area (Å²) in [6.07, 6.45) is 10.1. The minimum atomic E-state index is -0.444. The van der Waals surface area contributed by atoms with Gasteiger partial charge in [-0.05, 0) is 85.9 Å². The van der Waals surface area contributed by atoms with Crippen molar-refractivity contribution in [2.24, 2.45) is 5.41 Å². The molecule has 0 atom stereocenters. The normalized spacial score (nSPS) is 21.1. The minimum absolute atomic E-state index is 0.114. The van der Waals surface area contributed by atoms with E-state index >= 15 is 0 Å². The fraction of sp³-hybridized carbons (Fsp3) is 0.533. The molecule has 0 aromatic heterocycles. The van der Waals surface area contributed by atoms with Gasteiger partial charge < -0.3 is 24.9 Å². The second kappa shape index (κ2) is 10.1. The number of hydrogen-bond acceptors (Lipinski definition) is 6. The van der Waals surface area contributed by atoms with Crippen LogP contribution in [0.2, 0.25) is 0 Å². The highest BCUT2D eigenvalue weighted by molar-refractivity contribution is 8.00. The minimum Gasteiger partial charge on any atom is -0.395 e. The summed E-state index contributed by atoms with van der Waals surface area (Å²) >= 11 is 1.46. The highest BCUT2D eigenvalue weighted by atomic mass is 32.2. The number of nitrogens with one attached hydrogen (secondary N) is 2. The molecule has 2 aromatic carbocycles. The quantitative estimate of drug-likeness (QED) is 0.319. The zero-order valence-corrected chi connectivity index (χ0v) is 23.0. The van der Waals surface area contributed by atoms with Crippen LogP contribution in [0.15, 0.2) is 36.4 Å². The fourth-order valence-corrected chi connectivity index (χ4v) is 7.29. The van der Waals surface area contributed by atoms with E-state index in [4.69, 9.17) is 5.11 Å². The first-order chi connectivity index (χ1) is 18.4. The number of rotatable bonds is 7. The van der Waals surface area contributed by atoms with Crippen LogP contribution in [0.3, 0.4) is 0 Å². The van der Waals surface area contributed by atoms with Crippen LogP contribution in [-0.2, 0) is 10.2 Å². The molecular weight excluding hydrogens is 496 g/mol. The van der Waals surface area contributed by atoms with Gasteiger partial charge in [-0.15, -0.1) is 0 Å². The van der Waals surface area contributed by atoms with Gasteiger partial charge in [-0.25, -0.2) is 0 Å². The highest BCUT2D eigenvalue weighted by Gasteiger charge is 2.50. The fourth-order valence-electron chi connectivity index (χ4n) is 6.80. The van der Waals surface area contributed by atoms with Gasteiger partial charge in [0, 0.05) is 43.0 Å². The molecule has 2 aliphatic heterocycles. The number of benzene rings is 2. The van der Waals surface area contributed by atoms with Crippen LogP contribution in [0.5, 0.6) is 0 Å². The van der Waals surface area contributed by atoms with Crippen LogP contribution in [0.1, 0.15) is 73.7 Å². The number of likely N-dealkylation sites (N-methyl/N-ethyl adjacent to an activating group) is 1. The summed E-state index contributed by atoms with van der Waals surface area (Å²) in [6, 6.07) is 11.8. The Hall–Kier alpha value is -2.71. The first-order valence-corrected chi connectivity index (χ1v) is 15.1. The largest absolute Gasteiger partial charge is 0.395 e. The first kappa shape index (κ1) is 25.6. The van der Waals surface area contributed by atoms with Crippen LogP contribution >= 0.6 is 11.9 Å². The van der Waals surface area contributed by atoms with E-state index in [9.17, 15) is 9.59 Å². The van der Waals surface area contributed by atoms with E-state index in [1.807, 2.05) is 37.4 Å². The number of aliphatic hydroxyl groups excluding tert-OH is 1. The third-order valence-electron chi connectivity index (χ3n) is 9.30. The third kappa shape index (κ3) is 4.56. The van der Waals surface area contributed by atoms with Crippen LogP contribution in [0.4, 0.5) is 22.7 Å². The summed E-state index contributed by atoms with van der Waals surface area (Å²) in [4.78, 5) is 31.2. The SMILES string of the molecule is CN1C(=O)C2(CCCCC2)c2cc(NC(=O)c3ccc(NSCCO)cc3N3CCC4(CC3)CC4)ccc21. The Morgan fingerprint density at radius 2 is 1.68 bits per heavy atom. The molecule has 6 rings (SSSR count). The average Bonchev–Trinajstić information content (AvgIpc) is 3.67. The lowest BCUT2D eigenvalue weighted by Crippen LogP contribution is -2.40. The molecule has 7 nitrogen and oxygen atoms in total. The molecule has 3 fully saturated rings. The Kier molecular flexibility index (Phi) is 6.80. The second-order valence-electron chi connectivity index (χ2n) is 11.6. The van der Waals surface area contributed by atoms with Gasteiger partial charge in [-0.2, -0.15) is 0 Å². The van der Waals surface area contributed by atoms with Crippen LogP contribution in [0.25, 0.3) is 0 Å². The van der Waals surface area contributed by atoms with Crippen LogP contribution in [-0.4, -0.2) is 49.4 Å². The van der Waals surface area contributed by atoms with E-state index in [-0.39, 0.29) is 18.4 Å². The Balaban J connectivity index is 1.27. The number of piperidine rings is 1. The van der Waals surface area contributed by atoms with Crippen molar-refractivity contribution >= 4 is 46.5 Å². The predicted molar refractivity (Wildman–Crippen MR) is 155 cm³/mol. The first-order valence-electron chi connectivity index (χ1n) is 14.1. The molecule has 2 amide bonds. The second-order valence-corrected chi connectivity index (χ2v) is 12.5. The van der Waals surface area contributed by atoms with E-state index in [0.29, 0.717) is 16.7 Å². The van der Waals surface area contributed by atoms with Crippen molar-refractivity contribution < 1.29 is 14.7 Å². The molecule has 0 bridgehead atoms. The maximum absolute atomic E-state index is 13.7. The maximum Gasteiger partial charge on any atom is 0.257 e. The number of aliphatic hydroxyl groups is 1. The third-order valence-corrected chi connectivity index (χ3v) is 10.1. The molecule has 38 heavy (non-hydrogen) atoms. The van der Waals surface area contributed by atoms with Crippen molar-refractivity contribution in [2.75, 3.05) is 52.3 Å². The summed E-state index contributed by atoms with van der Waals surface area (Å²) in [5.41, 5.74) is 5.42. The molecule has 202 valence electrons. The van der Waals surface area contributed by atoms with Gasteiger partial charge in [0.25, 0.3) is 5.91 Å². The summed E-state index contributed by atoms with van der Waals surface area (Å²) < 4.78 is 3.30. The number of carbonyl (C=O) groups is 2.